The molecule has 1 unspecified atom stereocenters. The smallest absolute Gasteiger partial charge is 0.254 e. The minimum Gasteiger partial charge on any atom is -0.392 e. The van der Waals surface area contributed by atoms with Gasteiger partial charge in [0.2, 0.25) is 0 Å². The number of rotatable bonds is 2. The van der Waals surface area contributed by atoms with Gasteiger partial charge in [0.25, 0.3) is 5.91 Å². The monoisotopic (exact) mass is 282 g/mol. The van der Waals surface area contributed by atoms with E-state index in [0.717, 1.165) is 18.4 Å². The van der Waals surface area contributed by atoms with Crippen molar-refractivity contribution in [1.29, 1.82) is 0 Å². The summed E-state index contributed by atoms with van der Waals surface area (Å²) < 4.78 is 0. The van der Waals surface area contributed by atoms with Crippen LogP contribution in [-0.2, 0) is 0 Å². The van der Waals surface area contributed by atoms with Gasteiger partial charge in [-0.1, -0.05) is 29.9 Å². The lowest BCUT2D eigenvalue weighted by Gasteiger charge is -2.24. The number of hydrogen-bond donors (Lipinski definition) is 1. The third-order valence-electron chi connectivity index (χ3n) is 3.34. The molecule has 96 valence electrons. The topological polar surface area (TPSA) is 46.3 Å². The van der Waals surface area contributed by atoms with Gasteiger partial charge in [-0.2, -0.15) is 0 Å². The van der Waals surface area contributed by atoms with Gasteiger partial charge in [-0.15, -0.1) is 0 Å². The van der Waals surface area contributed by atoms with Gasteiger partial charge < -0.3 is 10.6 Å². The molecule has 0 spiro atoms. The van der Waals surface area contributed by atoms with E-state index in [1.165, 1.54) is 0 Å². The molecule has 18 heavy (non-hydrogen) atoms. The van der Waals surface area contributed by atoms with E-state index in [0.29, 0.717) is 22.1 Å². The van der Waals surface area contributed by atoms with Crippen LogP contribution >= 0.6 is 23.8 Å². The highest BCUT2D eigenvalue weighted by Gasteiger charge is 2.31. The Morgan fingerprint density at radius 1 is 1.56 bits per heavy atom. The molecule has 0 bridgehead atoms. The first-order chi connectivity index (χ1) is 8.52. The second kappa shape index (κ2) is 5.24. The maximum Gasteiger partial charge on any atom is 0.254 e. The number of nitrogens with two attached hydrogens (primary N) is 1. The summed E-state index contributed by atoms with van der Waals surface area (Å²) in [6.45, 7) is 2.55. The van der Waals surface area contributed by atoms with Crippen molar-refractivity contribution in [1.82, 2.24) is 4.90 Å². The molecule has 0 radical (unpaired) electrons. The molecule has 1 aromatic rings. The van der Waals surface area contributed by atoms with Gasteiger partial charge in [0.1, 0.15) is 0 Å². The summed E-state index contributed by atoms with van der Waals surface area (Å²) in [6, 6.07) is 5.24. The van der Waals surface area contributed by atoms with Crippen molar-refractivity contribution < 1.29 is 4.79 Å². The number of nitrogens with zero attached hydrogens (tertiary/aromatic N) is 1. The largest absolute Gasteiger partial charge is 0.392 e. The molecule has 1 aliphatic heterocycles. The van der Waals surface area contributed by atoms with E-state index >= 15 is 0 Å². The Balaban J connectivity index is 2.31. The summed E-state index contributed by atoms with van der Waals surface area (Å²) in [4.78, 5) is 14.6. The molecule has 1 atom stereocenters. The van der Waals surface area contributed by atoms with E-state index in [9.17, 15) is 4.79 Å². The van der Waals surface area contributed by atoms with Crippen LogP contribution < -0.4 is 5.73 Å². The zero-order chi connectivity index (χ0) is 13.3. The summed E-state index contributed by atoms with van der Waals surface area (Å²) >= 11 is 11.1. The number of carbonyl (C=O) groups excluding carboxylic acids is 1. The van der Waals surface area contributed by atoms with Crippen LogP contribution in [0.1, 0.15) is 28.8 Å². The van der Waals surface area contributed by atoms with Gasteiger partial charge in [0, 0.05) is 17.1 Å². The number of halogens is 1. The van der Waals surface area contributed by atoms with E-state index in [1.54, 1.807) is 23.1 Å². The van der Waals surface area contributed by atoms with Gasteiger partial charge >= 0.3 is 0 Å². The highest BCUT2D eigenvalue weighted by atomic mass is 35.5. The maximum atomic E-state index is 12.5. The second-order valence-corrected chi connectivity index (χ2v) is 5.35. The highest BCUT2D eigenvalue weighted by molar-refractivity contribution is 7.80. The van der Waals surface area contributed by atoms with Crippen molar-refractivity contribution in [3.05, 3.63) is 34.3 Å². The first-order valence-electron chi connectivity index (χ1n) is 5.87. The average Bonchev–Trinajstić information content (AvgIpc) is 2.81. The van der Waals surface area contributed by atoms with Gasteiger partial charge in [-0.3, -0.25) is 4.79 Å². The zero-order valence-electron chi connectivity index (χ0n) is 10.1. The van der Waals surface area contributed by atoms with Gasteiger partial charge in [0.15, 0.2) is 0 Å². The summed E-state index contributed by atoms with van der Waals surface area (Å²) in [5.74, 6) is -0.0368. The number of likely N-dealkylation sites (tertiary alicyclic amines) is 1. The number of hydrogen-bond acceptors (Lipinski definition) is 2. The van der Waals surface area contributed by atoms with Crippen LogP contribution in [0.2, 0.25) is 5.02 Å². The first-order valence-corrected chi connectivity index (χ1v) is 6.66. The quantitative estimate of drug-likeness (QED) is 0.848. The molecule has 1 fully saturated rings. The van der Waals surface area contributed by atoms with Crippen LogP contribution in [0.4, 0.5) is 0 Å². The van der Waals surface area contributed by atoms with Crippen molar-refractivity contribution >= 4 is 34.7 Å². The van der Waals surface area contributed by atoms with E-state index in [-0.39, 0.29) is 11.9 Å². The van der Waals surface area contributed by atoms with Crippen LogP contribution in [0.15, 0.2) is 18.2 Å². The van der Waals surface area contributed by atoms with Crippen LogP contribution in [0, 0.1) is 6.92 Å². The first kappa shape index (κ1) is 13.3. The van der Waals surface area contributed by atoms with Crippen molar-refractivity contribution in [3.8, 4) is 0 Å². The van der Waals surface area contributed by atoms with Crippen LogP contribution in [-0.4, -0.2) is 28.4 Å². The minimum atomic E-state index is -0.120. The van der Waals surface area contributed by atoms with Crippen LogP contribution in [0.3, 0.4) is 0 Å². The molecule has 5 heteroatoms. The molecule has 0 aliphatic carbocycles. The van der Waals surface area contributed by atoms with Crippen molar-refractivity contribution in [2.24, 2.45) is 5.73 Å². The lowest BCUT2D eigenvalue weighted by molar-refractivity contribution is 0.0769. The number of benzene rings is 1. The zero-order valence-corrected chi connectivity index (χ0v) is 11.7. The Morgan fingerprint density at radius 2 is 2.28 bits per heavy atom. The molecular weight excluding hydrogens is 268 g/mol. The highest BCUT2D eigenvalue weighted by Crippen LogP contribution is 2.24. The number of amides is 1. The lowest BCUT2D eigenvalue weighted by atomic mass is 10.1. The average molecular weight is 283 g/mol. The number of thiocarbonyl (C=S) groups is 1. The third kappa shape index (κ3) is 2.35. The molecular formula is C13H15ClN2OS. The van der Waals surface area contributed by atoms with E-state index in [2.05, 4.69) is 0 Å². The molecule has 0 aromatic heterocycles. The van der Waals surface area contributed by atoms with Crippen molar-refractivity contribution in [3.63, 3.8) is 0 Å². The second-order valence-electron chi connectivity index (χ2n) is 4.47. The van der Waals surface area contributed by atoms with Gasteiger partial charge in [0.05, 0.1) is 11.0 Å². The fraction of sp³-hybridized carbons (Fsp3) is 0.385. The van der Waals surface area contributed by atoms with Gasteiger partial charge in [-0.05, 0) is 37.5 Å². The molecule has 1 aromatic carbocycles. The molecule has 1 saturated heterocycles. The minimum absolute atomic E-state index is 0.0368. The molecule has 0 saturated carbocycles. The standard InChI is InChI=1S/C13H15ClN2OS/c1-8-9(4-2-5-10(8)14)13(17)16-7-3-6-11(16)12(15)18/h2,4-5,11H,3,6-7H2,1H3,(H2,15,18). The third-order valence-corrected chi connectivity index (χ3v) is 4.02. The Labute approximate surface area is 117 Å². The van der Waals surface area contributed by atoms with Crippen LogP contribution in [0.5, 0.6) is 0 Å². The maximum absolute atomic E-state index is 12.5. The summed E-state index contributed by atoms with van der Waals surface area (Å²) in [5.41, 5.74) is 7.12. The van der Waals surface area contributed by atoms with E-state index in [1.807, 2.05) is 6.92 Å². The predicted molar refractivity (Wildman–Crippen MR) is 77.0 cm³/mol. The fourth-order valence-corrected chi connectivity index (χ4v) is 2.72. The summed E-state index contributed by atoms with van der Waals surface area (Å²) in [5, 5.41) is 0.604. The van der Waals surface area contributed by atoms with E-state index < -0.39 is 0 Å². The Kier molecular flexibility index (Phi) is 3.88. The van der Waals surface area contributed by atoms with Crippen LogP contribution in [0.25, 0.3) is 0 Å². The fourth-order valence-electron chi connectivity index (χ4n) is 2.30. The molecule has 2 N–H and O–H groups in total. The van der Waals surface area contributed by atoms with E-state index in [4.69, 9.17) is 29.6 Å². The number of carbonyl (C=O) groups is 1. The Morgan fingerprint density at radius 3 is 2.94 bits per heavy atom. The Bertz CT molecular complexity index is 504. The van der Waals surface area contributed by atoms with Crippen molar-refractivity contribution in [2.75, 3.05) is 6.54 Å². The van der Waals surface area contributed by atoms with Gasteiger partial charge in [-0.25, -0.2) is 0 Å². The molecule has 1 amide bonds. The normalized spacial score (nSPS) is 19.0. The van der Waals surface area contributed by atoms with Crippen molar-refractivity contribution in [2.45, 2.75) is 25.8 Å². The molecule has 2 rings (SSSR count). The Hall–Kier alpha value is -1.13. The summed E-state index contributed by atoms with van der Waals surface area (Å²) in [7, 11) is 0. The molecule has 1 heterocycles. The molecule has 3 nitrogen and oxygen atoms in total. The predicted octanol–water partition coefficient (Wildman–Crippen LogP) is 2.54. The SMILES string of the molecule is Cc1c(Cl)cccc1C(=O)N1CCCC1C(N)=S. The summed E-state index contributed by atoms with van der Waals surface area (Å²) in [6.07, 6.45) is 1.79. The lowest BCUT2D eigenvalue weighted by Crippen LogP contribution is -2.43. The molecule has 1 aliphatic rings.